The molecule has 2 fully saturated rings. The summed E-state index contributed by atoms with van der Waals surface area (Å²) in [5.74, 6) is 0.876. The van der Waals surface area contributed by atoms with Crippen LogP contribution < -0.4 is 11.1 Å². The highest BCUT2D eigenvalue weighted by Gasteiger charge is 2.48. The Morgan fingerprint density at radius 3 is 2.33 bits per heavy atom. The van der Waals surface area contributed by atoms with Crippen molar-refractivity contribution < 1.29 is 13.2 Å². The third-order valence-electron chi connectivity index (χ3n) is 6.08. The largest absolute Gasteiger partial charge is 0.352 e. The fraction of sp³-hybridized carbons (Fsp3) is 0.632. The van der Waals surface area contributed by atoms with Gasteiger partial charge in [-0.25, -0.2) is 8.42 Å². The maximum absolute atomic E-state index is 12.5. The molecule has 1 amide bonds. The number of amides is 1. The van der Waals surface area contributed by atoms with Crippen LogP contribution in [0.5, 0.6) is 0 Å². The van der Waals surface area contributed by atoms with Gasteiger partial charge in [0.2, 0.25) is 15.9 Å². The van der Waals surface area contributed by atoms with E-state index in [1.807, 2.05) is 13.8 Å². The maximum Gasteiger partial charge on any atom is 0.243 e. The number of hydrogen-bond donors (Lipinski definition) is 2. The first kappa shape index (κ1) is 22.1. The predicted octanol–water partition coefficient (Wildman–Crippen LogP) is 2.13. The van der Waals surface area contributed by atoms with Gasteiger partial charge in [-0.15, -0.1) is 12.4 Å². The zero-order chi connectivity index (χ0) is 19.1. The number of nitrogens with one attached hydrogen (secondary N) is 1. The van der Waals surface area contributed by atoms with Crippen LogP contribution in [0.3, 0.4) is 0 Å². The number of nitrogens with two attached hydrogens (primary N) is 1. The Morgan fingerprint density at radius 2 is 1.81 bits per heavy atom. The lowest BCUT2D eigenvalue weighted by atomic mass is 9.84. The molecule has 6 nitrogen and oxygen atoms in total. The maximum atomic E-state index is 12.5. The Kier molecular flexibility index (Phi) is 6.95. The Bertz CT molecular complexity index is 765. The first-order valence-corrected chi connectivity index (χ1v) is 10.8. The molecule has 3 N–H and O–H groups in total. The second-order valence-corrected chi connectivity index (χ2v) is 9.91. The van der Waals surface area contributed by atoms with Crippen LogP contribution in [0.2, 0.25) is 0 Å². The van der Waals surface area contributed by atoms with Crippen molar-refractivity contribution in [3.8, 4) is 0 Å². The summed E-state index contributed by atoms with van der Waals surface area (Å²) in [6.45, 7) is 4.06. The molecule has 0 saturated heterocycles. The molecule has 0 radical (unpaired) electrons. The molecule has 0 heterocycles. The predicted molar refractivity (Wildman–Crippen MR) is 108 cm³/mol. The van der Waals surface area contributed by atoms with Crippen molar-refractivity contribution in [2.24, 2.45) is 23.5 Å². The van der Waals surface area contributed by atoms with E-state index >= 15 is 0 Å². The van der Waals surface area contributed by atoms with E-state index < -0.39 is 10.0 Å². The highest BCUT2D eigenvalue weighted by Crippen LogP contribution is 2.47. The normalized spacial score (nSPS) is 27.0. The Hall–Kier alpha value is -1.15. The minimum absolute atomic E-state index is 0. The second-order valence-electron chi connectivity index (χ2n) is 7.91. The highest BCUT2D eigenvalue weighted by molar-refractivity contribution is 7.89. The van der Waals surface area contributed by atoms with Crippen LogP contribution in [0.4, 0.5) is 0 Å². The number of fused-ring (bicyclic) bond motifs is 2. The SMILES string of the molecule is CC(C)N(C)S(=O)(=O)c1ccc(CNC(=O)C2C3CCC(C3)C2N)cc1.Cl. The van der Waals surface area contributed by atoms with Crippen LogP contribution in [0.25, 0.3) is 0 Å². The van der Waals surface area contributed by atoms with Crippen molar-refractivity contribution in [1.29, 1.82) is 0 Å². The molecular weight excluding hydrogens is 386 g/mol. The van der Waals surface area contributed by atoms with Gasteiger partial charge in [0, 0.05) is 25.7 Å². The standard InChI is InChI=1S/C19H29N3O3S.ClH/c1-12(2)22(3)26(24,25)16-8-4-13(5-9-16)11-21-19(23)17-14-6-7-15(10-14)18(17)20;/h4-5,8-9,12,14-15,17-18H,6-7,10-11,20H2,1-3H3,(H,21,23);1H. The Balaban J connectivity index is 0.00000261. The summed E-state index contributed by atoms with van der Waals surface area (Å²) >= 11 is 0. The molecule has 1 aromatic rings. The van der Waals surface area contributed by atoms with E-state index in [0.29, 0.717) is 18.4 Å². The molecule has 3 rings (SSSR count). The summed E-state index contributed by atoms with van der Waals surface area (Å²) < 4.78 is 26.3. The lowest BCUT2D eigenvalue weighted by molar-refractivity contribution is -0.127. The van der Waals surface area contributed by atoms with E-state index in [4.69, 9.17) is 5.73 Å². The fourth-order valence-corrected chi connectivity index (χ4v) is 5.62. The number of halogens is 1. The molecule has 2 saturated carbocycles. The molecule has 0 spiro atoms. The van der Waals surface area contributed by atoms with E-state index in [-0.39, 0.29) is 41.2 Å². The monoisotopic (exact) mass is 415 g/mol. The first-order valence-electron chi connectivity index (χ1n) is 9.32. The molecule has 0 aliphatic heterocycles. The van der Waals surface area contributed by atoms with E-state index in [9.17, 15) is 13.2 Å². The van der Waals surface area contributed by atoms with Gasteiger partial charge in [-0.1, -0.05) is 12.1 Å². The molecule has 1 aromatic carbocycles. The van der Waals surface area contributed by atoms with E-state index in [1.54, 1.807) is 31.3 Å². The van der Waals surface area contributed by atoms with Crippen molar-refractivity contribution >= 4 is 28.3 Å². The van der Waals surface area contributed by atoms with Gasteiger partial charge in [-0.3, -0.25) is 4.79 Å². The number of nitrogens with zero attached hydrogens (tertiary/aromatic N) is 1. The van der Waals surface area contributed by atoms with Crippen LogP contribution in [0, 0.1) is 17.8 Å². The molecule has 4 unspecified atom stereocenters. The van der Waals surface area contributed by atoms with Gasteiger partial charge in [0.05, 0.1) is 10.8 Å². The van der Waals surface area contributed by atoms with Gasteiger partial charge < -0.3 is 11.1 Å². The number of sulfonamides is 1. The van der Waals surface area contributed by atoms with Crippen LogP contribution in [-0.4, -0.2) is 37.8 Å². The lowest BCUT2D eigenvalue weighted by Crippen LogP contribution is -2.45. The van der Waals surface area contributed by atoms with Crippen molar-refractivity contribution in [2.75, 3.05) is 7.05 Å². The van der Waals surface area contributed by atoms with E-state index in [2.05, 4.69) is 5.32 Å². The molecule has 2 aliphatic carbocycles. The van der Waals surface area contributed by atoms with Gasteiger partial charge in [-0.2, -0.15) is 4.31 Å². The highest BCUT2D eigenvalue weighted by atomic mass is 35.5. The number of benzene rings is 1. The third kappa shape index (κ3) is 4.31. The van der Waals surface area contributed by atoms with Crippen molar-refractivity contribution in [1.82, 2.24) is 9.62 Å². The summed E-state index contributed by atoms with van der Waals surface area (Å²) in [6, 6.07) is 6.57. The Labute approximate surface area is 168 Å². The average Bonchev–Trinajstić information content (AvgIpc) is 3.20. The lowest BCUT2D eigenvalue weighted by Gasteiger charge is -2.27. The van der Waals surface area contributed by atoms with E-state index in [1.165, 1.54) is 4.31 Å². The first-order chi connectivity index (χ1) is 12.2. The summed E-state index contributed by atoms with van der Waals surface area (Å²) in [5.41, 5.74) is 7.10. The van der Waals surface area contributed by atoms with Crippen LogP contribution in [-0.2, 0) is 21.4 Å². The van der Waals surface area contributed by atoms with Crippen LogP contribution >= 0.6 is 12.4 Å². The number of rotatable bonds is 6. The van der Waals surface area contributed by atoms with Crippen molar-refractivity contribution in [2.45, 2.75) is 56.6 Å². The molecule has 152 valence electrons. The zero-order valence-electron chi connectivity index (χ0n) is 16.1. The third-order valence-corrected chi connectivity index (χ3v) is 8.13. The summed E-state index contributed by atoms with van der Waals surface area (Å²) in [6.07, 6.45) is 3.33. The quantitative estimate of drug-likeness (QED) is 0.744. The summed E-state index contributed by atoms with van der Waals surface area (Å²) in [7, 11) is -1.91. The number of carbonyl (C=O) groups is 1. The van der Waals surface area contributed by atoms with Crippen molar-refractivity contribution in [3.63, 3.8) is 0 Å². The number of carbonyl (C=O) groups excluding carboxylic acids is 1. The van der Waals surface area contributed by atoms with Crippen LogP contribution in [0.15, 0.2) is 29.2 Å². The Morgan fingerprint density at radius 1 is 1.22 bits per heavy atom. The molecule has 4 atom stereocenters. The molecule has 2 bridgehead atoms. The fourth-order valence-electron chi connectivity index (χ4n) is 4.25. The average molecular weight is 416 g/mol. The van der Waals surface area contributed by atoms with E-state index in [0.717, 1.165) is 24.8 Å². The minimum atomic E-state index is -3.48. The van der Waals surface area contributed by atoms with Gasteiger partial charge in [0.15, 0.2) is 0 Å². The molecule has 8 heteroatoms. The molecule has 27 heavy (non-hydrogen) atoms. The molecule has 2 aliphatic rings. The smallest absolute Gasteiger partial charge is 0.243 e. The summed E-state index contributed by atoms with van der Waals surface area (Å²) in [5, 5.41) is 2.98. The molecular formula is C19H30ClN3O3S. The minimum Gasteiger partial charge on any atom is -0.352 e. The van der Waals surface area contributed by atoms with Crippen molar-refractivity contribution in [3.05, 3.63) is 29.8 Å². The second kappa shape index (κ2) is 8.47. The molecule has 0 aromatic heterocycles. The number of hydrogen-bond acceptors (Lipinski definition) is 4. The van der Waals surface area contributed by atoms with Gasteiger partial charge in [0.25, 0.3) is 0 Å². The van der Waals surface area contributed by atoms with Gasteiger partial charge in [-0.05, 0) is 62.6 Å². The van der Waals surface area contributed by atoms with Gasteiger partial charge >= 0.3 is 0 Å². The van der Waals surface area contributed by atoms with Crippen LogP contribution in [0.1, 0.15) is 38.7 Å². The topological polar surface area (TPSA) is 92.5 Å². The summed E-state index contributed by atoms with van der Waals surface area (Å²) in [4.78, 5) is 12.8. The zero-order valence-corrected chi connectivity index (χ0v) is 17.7. The van der Waals surface area contributed by atoms with Gasteiger partial charge in [0.1, 0.15) is 0 Å².